The molecule has 1 nitrogen and oxygen atoms in total. The highest BCUT2D eigenvalue weighted by atomic mass is 16.3. The molecule has 0 saturated carbocycles. The number of rotatable bonds is 4. The fourth-order valence-electron chi connectivity index (χ4n) is 8.28. The highest BCUT2D eigenvalue weighted by Crippen LogP contribution is 2.47. The molecule has 232 valence electrons. The van der Waals surface area contributed by atoms with Gasteiger partial charge in [0.25, 0.3) is 0 Å². The second kappa shape index (κ2) is 11.4. The molecule has 0 bridgehead atoms. The predicted molar refractivity (Wildman–Crippen MR) is 207 cm³/mol. The van der Waals surface area contributed by atoms with Crippen molar-refractivity contribution in [3.63, 3.8) is 0 Å². The van der Waals surface area contributed by atoms with Crippen LogP contribution in [0.25, 0.3) is 88.0 Å². The van der Waals surface area contributed by atoms with E-state index in [2.05, 4.69) is 78.9 Å². The normalized spacial score (nSPS) is 14.4. The largest absolute Gasteiger partial charge is 0.456 e. The fourth-order valence-corrected chi connectivity index (χ4v) is 8.28. The third-order valence-corrected chi connectivity index (χ3v) is 10.4. The first kappa shape index (κ1) is 23.4. The summed E-state index contributed by atoms with van der Waals surface area (Å²) in [5.74, 6) is 0. The minimum Gasteiger partial charge on any atom is -0.456 e. The molecule has 0 N–H and O–H groups in total. The molecule has 0 amide bonds. The zero-order chi connectivity index (χ0) is 36.7. The number of para-hydroxylation sites is 1. The van der Waals surface area contributed by atoms with Gasteiger partial charge in [0, 0.05) is 16.3 Å². The Kier molecular flexibility index (Phi) is 5.43. The summed E-state index contributed by atoms with van der Waals surface area (Å²) in [6, 6.07) is 42.7. The Bertz CT molecular complexity index is 2930. The minimum absolute atomic E-state index is 0.205. The van der Waals surface area contributed by atoms with Crippen LogP contribution in [-0.4, -0.2) is 0 Å². The molecule has 0 unspecified atom stereocenters. The number of benzene rings is 8. The third-order valence-electron chi connectivity index (χ3n) is 10.4. The van der Waals surface area contributed by atoms with E-state index in [0.29, 0.717) is 5.56 Å². The highest BCUT2D eigenvalue weighted by molar-refractivity contribution is 6.22. The molecular formula is C48H34O. The molecule has 0 saturated heterocycles. The van der Waals surface area contributed by atoms with Gasteiger partial charge in [-0.15, -0.1) is 0 Å². The van der Waals surface area contributed by atoms with Crippen molar-refractivity contribution in [1.82, 2.24) is 0 Å². The van der Waals surface area contributed by atoms with Gasteiger partial charge in [0.15, 0.2) is 0 Å². The van der Waals surface area contributed by atoms with Crippen molar-refractivity contribution in [2.45, 2.75) is 25.7 Å². The lowest BCUT2D eigenvalue weighted by molar-refractivity contribution is 0.669. The maximum absolute atomic E-state index is 8.93. The topological polar surface area (TPSA) is 13.1 Å². The van der Waals surface area contributed by atoms with Gasteiger partial charge < -0.3 is 4.42 Å². The molecule has 1 aliphatic carbocycles. The monoisotopic (exact) mass is 631 g/mol. The molecule has 8 aromatic carbocycles. The van der Waals surface area contributed by atoms with Crippen LogP contribution in [0.15, 0.2) is 162 Å². The maximum atomic E-state index is 8.93. The van der Waals surface area contributed by atoms with E-state index >= 15 is 0 Å². The summed E-state index contributed by atoms with van der Waals surface area (Å²) >= 11 is 0. The van der Waals surface area contributed by atoms with E-state index in [1.165, 1.54) is 35.1 Å². The molecule has 1 heteroatoms. The van der Waals surface area contributed by atoms with Gasteiger partial charge in [-0.2, -0.15) is 0 Å². The van der Waals surface area contributed by atoms with E-state index in [1.54, 1.807) is 0 Å². The Hall–Kier alpha value is -5.92. The van der Waals surface area contributed by atoms with E-state index in [0.717, 1.165) is 78.6 Å². The average molecular weight is 632 g/mol. The van der Waals surface area contributed by atoms with E-state index in [1.807, 2.05) is 48.5 Å². The molecule has 0 spiro atoms. The molecule has 1 heterocycles. The first-order valence-corrected chi connectivity index (χ1v) is 17.1. The van der Waals surface area contributed by atoms with Crippen molar-refractivity contribution in [3.05, 3.63) is 169 Å². The van der Waals surface area contributed by atoms with Crippen LogP contribution >= 0.6 is 0 Å². The van der Waals surface area contributed by atoms with Crippen LogP contribution in [0.5, 0.6) is 0 Å². The lowest BCUT2D eigenvalue weighted by atomic mass is 9.81. The van der Waals surface area contributed by atoms with Gasteiger partial charge in [0.1, 0.15) is 11.2 Å². The predicted octanol–water partition coefficient (Wildman–Crippen LogP) is 13.4. The van der Waals surface area contributed by atoms with Gasteiger partial charge in [0.05, 0.1) is 6.85 Å². The van der Waals surface area contributed by atoms with Gasteiger partial charge in [-0.3, -0.25) is 0 Å². The fraction of sp³-hybridized carbons (Fsp3) is 0.0833. The van der Waals surface area contributed by atoms with Crippen molar-refractivity contribution in [3.8, 4) is 44.5 Å². The van der Waals surface area contributed by atoms with Crippen molar-refractivity contribution in [1.29, 1.82) is 0 Å². The molecule has 9 aromatic rings. The molecular weight excluding hydrogens is 593 g/mol. The number of furan rings is 1. The quantitative estimate of drug-likeness (QED) is 0.176. The van der Waals surface area contributed by atoms with E-state index in [4.69, 9.17) is 11.3 Å². The zero-order valence-electron chi connectivity index (χ0n) is 31.9. The molecule has 0 radical (unpaired) electrons. The zero-order valence-corrected chi connectivity index (χ0v) is 26.9. The Morgan fingerprint density at radius 1 is 0.449 bits per heavy atom. The standard InChI is InChI=1S/C48H34O/c1-2-15-32(16-3-1)45-38-21-6-8-23-40(38)46(41-24-9-7-22-39(41)45)34-19-12-18-33(30-34)36-28-29-44-48(42-25-10-11-27-43(42)49-44)47(36)37-26-13-17-31-14-4-5-20-35(31)37/h1-3,6-13,15-19,21-30H,4-5,14,20H2/i1D,2D,3D,15D,16D. The summed E-state index contributed by atoms with van der Waals surface area (Å²) in [5.41, 5.74) is 12.2. The van der Waals surface area contributed by atoms with Gasteiger partial charge >= 0.3 is 0 Å². The second-order valence-electron chi connectivity index (χ2n) is 13.0. The average Bonchev–Trinajstić information content (AvgIpc) is 3.60. The summed E-state index contributed by atoms with van der Waals surface area (Å²) in [5, 5.41) is 5.80. The van der Waals surface area contributed by atoms with E-state index in [-0.39, 0.29) is 29.7 Å². The Labute approximate surface area is 293 Å². The molecule has 10 rings (SSSR count). The van der Waals surface area contributed by atoms with Crippen LogP contribution in [0.1, 0.15) is 30.8 Å². The summed E-state index contributed by atoms with van der Waals surface area (Å²) < 4.78 is 49.5. The van der Waals surface area contributed by atoms with Gasteiger partial charge in [-0.05, 0) is 115 Å². The Balaban J connectivity index is 1.27. The van der Waals surface area contributed by atoms with Gasteiger partial charge in [-0.1, -0.05) is 139 Å². The summed E-state index contributed by atoms with van der Waals surface area (Å²) in [4.78, 5) is 0. The van der Waals surface area contributed by atoms with Crippen LogP contribution < -0.4 is 0 Å². The van der Waals surface area contributed by atoms with Crippen LogP contribution in [0.3, 0.4) is 0 Å². The van der Waals surface area contributed by atoms with Gasteiger partial charge in [0.2, 0.25) is 0 Å². The summed E-state index contributed by atoms with van der Waals surface area (Å²) in [6.45, 7) is 0. The SMILES string of the molecule is [2H]c1c([2H])c([2H])c(-c2c3ccccc3c(-c3cccc(-c4ccc5oc6ccccc6c5c4-c4cccc5c4CCCC5)c3)c3ccccc23)c([2H])c1[2H]. The van der Waals surface area contributed by atoms with Crippen LogP contribution in [0.4, 0.5) is 0 Å². The van der Waals surface area contributed by atoms with E-state index < -0.39 is 6.04 Å². The molecule has 0 atom stereocenters. The number of hydrogen-bond acceptors (Lipinski definition) is 1. The van der Waals surface area contributed by atoms with Crippen molar-refractivity contribution < 1.29 is 11.3 Å². The van der Waals surface area contributed by atoms with E-state index in [9.17, 15) is 0 Å². The lowest BCUT2D eigenvalue weighted by Gasteiger charge is -2.22. The van der Waals surface area contributed by atoms with Crippen molar-refractivity contribution in [2.75, 3.05) is 0 Å². The molecule has 0 fully saturated rings. The summed E-state index contributed by atoms with van der Waals surface area (Å²) in [7, 11) is 0. The van der Waals surface area contributed by atoms with Crippen LogP contribution in [0.2, 0.25) is 0 Å². The van der Waals surface area contributed by atoms with Gasteiger partial charge in [-0.25, -0.2) is 0 Å². The molecule has 0 aliphatic heterocycles. The molecule has 49 heavy (non-hydrogen) atoms. The third kappa shape index (κ3) is 4.46. The van der Waals surface area contributed by atoms with Crippen LogP contribution in [-0.2, 0) is 12.8 Å². The Morgan fingerprint density at radius 3 is 1.84 bits per heavy atom. The number of hydrogen-bond donors (Lipinski definition) is 0. The van der Waals surface area contributed by atoms with Crippen LogP contribution in [0, 0.1) is 0 Å². The second-order valence-corrected chi connectivity index (χ2v) is 13.0. The molecule has 1 aliphatic rings. The first-order chi connectivity index (χ1) is 26.4. The number of aryl methyl sites for hydroxylation is 1. The summed E-state index contributed by atoms with van der Waals surface area (Å²) in [6.07, 6.45) is 4.53. The van der Waals surface area contributed by atoms with Crippen molar-refractivity contribution >= 4 is 43.5 Å². The van der Waals surface area contributed by atoms with Crippen molar-refractivity contribution in [2.24, 2.45) is 0 Å². The molecule has 1 aromatic heterocycles. The lowest BCUT2D eigenvalue weighted by Crippen LogP contribution is -2.04. The highest BCUT2D eigenvalue weighted by Gasteiger charge is 2.23. The smallest absolute Gasteiger partial charge is 0.136 e. The Morgan fingerprint density at radius 2 is 1.08 bits per heavy atom. The number of fused-ring (bicyclic) bond motifs is 6. The maximum Gasteiger partial charge on any atom is 0.136 e. The minimum atomic E-state index is -0.396. The first-order valence-electron chi connectivity index (χ1n) is 19.6.